The van der Waals surface area contributed by atoms with Gasteiger partial charge >= 0.3 is 0 Å². The van der Waals surface area contributed by atoms with Crippen molar-refractivity contribution in [1.82, 2.24) is 0 Å². The zero-order valence-corrected chi connectivity index (χ0v) is 10.8. The molecule has 0 fully saturated rings. The molecule has 0 unspecified atom stereocenters. The normalized spacial score (nSPS) is 10.1. The molecule has 1 amide bonds. The Hall–Kier alpha value is -1.71. The summed E-state index contributed by atoms with van der Waals surface area (Å²) in [5.74, 6) is -0.287. The number of nitrogen functional groups attached to an aromatic ring is 1. The Morgan fingerprint density at radius 2 is 1.61 bits per heavy atom. The summed E-state index contributed by atoms with van der Waals surface area (Å²) in [4.78, 5) is 12.0. The van der Waals surface area contributed by atoms with Gasteiger partial charge in [0.05, 0.1) is 15.7 Å². The molecule has 0 saturated heterocycles. The van der Waals surface area contributed by atoms with Crippen LogP contribution in [0.3, 0.4) is 0 Å². The predicted octanol–water partition coefficient (Wildman–Crippen LogP) is 3.83. The van der Waals surface area contributed by atoms with E-state index in [4.69, 9.17) is 28.9 Å². The molecule has 0 saturated carbocycles. The van der Waals surface area contributed by atoms with Gasteiger partial charge in [-0.25, -0.2) is 0 Å². The highest BCUT2D eigenvalue weighted by Crippen LogP contribution is 2.29. The van der Waals surface area contributed by atoms with Crippen LogP contribution in [0.5, 0.6) is 0 Å². The maximum absolute atomic E-state index is 12.0. The van der Waals surface area contributed by atoms with Gasteiger partial charge in [-0.2, -0.15) is 0 Å². The Kier molecular flexibility index (Phi) is 3.75. The third-order valence-corrected chi connectivity index (χ3v) is 3.00. The van der Waals surface area contributed by atoms with E-state index >= 15 is 0 Å². The summed E-state index contributed by atoms with van der Waals surface area (Å²) >= 11 is 11.8. The average molecular weight is 281 g/mol. The maximum atomic E-state index is 12.0. The van der Waals surface area contributed by atoms with Crippen LogP contribution in [-0.2, 0) is 0 Å². The zero-order chi connectivity index (χ0) is 13.1. The molecule has 3 nitrogen and oxygen atoms in total. The Balaban J connectivity index is 2.25. The third-order valence-electron chi connectivity index (χ3n) is 2.37. The van der Waals surface area contributed by atoms with Crippen molar-refractivity contribution in [2.75, 3.05) is 11.1 Å². The lowest BCUT2D eigenvalue weighted by Crippen LogP contribution is -2.12. The molecule has 0 radical (unpaired) electrons. The number of nitrogens with two attached hydrogens (primary N) is 1. The lowest BCUT2D eigenvalue weighted by atomic mass is 10.2. The first-order valence-electron chi connectivity index (χ1n) is 5.19. The van der Waals surface area contributed by atoms with E-state index in [0.29, 0.717) is 11.3 Å². The number of amides is 1. The van der Waals surface area contributed by atoms with E-state index in [1.54, 1.807) is 12.1 Å². The Bertz CT molecular complexity index is 562. The number of anilines is 2. The van der Waals surface area contributed by atoms with Crippen LogP contribution < -0.4 is 11.1 Å². The van der Waals surface area contributed by atoms with Crippen LogP contribution in [0.2, 0.25) is 10.0 Å². The molecule has 0 bridgehead atoms. The number of benzene rings is 2. The van der Waals surface area contributed by atoms with Crippen LogP contribution in [0.4, 0.5) is 11.4 Å². The van der Waals surface area contributed by atoms with Crippen molar-refractivity contribution in [3.8, 4) is 0 Å². The fraction of sp³-hybridized carbons (Fsp3) is 0. The molecular weight excluding hydrogens is 271 g/mol. The topological polar surface area (TPSA) is 55.1 Å². The molecule has 3 N–H and O–H groups in total. The molecule has 0 aliphatic carbocycles. The fourth-order valence-corrected chi connectivity index (χ4v) is 1.93. The summed E-state index contributed by atoms with van der Waals surface area (Å²) in [6.45, 7) is 0. The average Bonchev–Trinajstić information content (AvgIpc) is 2.36. The monoisotopic (exact) mass is 280 g/mol. The predicted molar refractivity (Wildman–Crippen MR) is 75.3 cm³/mol. The van der Waals surface area contributed by atoms with Gasteiger partial charge in [-0.1, -0.05) is 41.4 Å². The van der Waals surface area contributed by atoms with Gasteiger partial charge in [0.1, 0.15) is 0 Å². The minimum absolute atomic E-state index is 0.265. The summed E-state index contributed by atoms with van der Waals surface area (Å²) in [5, 5.41) is 3.26. The number of carbonyl (C=O) groups is 1. The first-order chi connectivity index (χ1) is 8.58. The highest BCUT2D eigenvalue weighted by atomic mass is 35.5. The van der Waals surface area contributed by atoms with Crippen molar-refractivity contribution in [3.05, 3.63) is 58.1 Å². The van der Waals surface area contributed by atoms with Crippen LogP contribution in [0.1, 0.15) is 10.4 Å². The molecule has 92 valence electrons. The van der Waals surface area contributed by atoms with E-state index < -0.39 is 0 Å². The molecule has 2 rings (SSSR count). The number of carbonyl (C=O) groups excluding carboxylic acids is 1. The number of hydrogen-bond acceptors (Lipinski definition) is 2. The lowest BCUT2D eigenvalue weighted by Gasteiger charge is -2.07. The van der Waals surface area contributed by atoms with E-state index in [1.165, 1.54) is 12.1 Å². The minimum Gasteiger partial charge on any atom is -0.396 e. The SMILES string of the molecule is Nc1c(Cl)cc(C(=O)Nc2ccccc2)cc1Cl. The lowest BCUT2D eigenvalue weighted by molar-refractivity contribution is 0.102. The van der Waals surface area contributed by atoms with Crippen molar-refractivity contribution in [2.24, 2.45) is 0 Å². The molecule has 0 heterocycles. The van der Waals surface area contributed by atoms with Crippen LogP contribution in [-0.4, -0.2) is 5.91 Å². The number of rotatable bonds is 2. The number of nitrogens with one attached hydrogen (secondary N) is 1. The molecule has 5 heteroatoms. The third kappa shape index (κ3) is 2.75. The summed E-state index contributed by atoms with van der Waals surface area (Å²) in [5.41, 5.74) is 6.95. The summed E-state index contributed by atoms with van der Waals surface area (Å²) < 4.78 is 0. The first-order valence-corrected chi connectivity index (χ1v) is 5.94. The van der Waals surface area contributed by atoms with Crippen molar-refractivity contribution in [1.29, 1.82) is 0 Å². The van der Waals surface area contributed by atoms with Gasteiger partial charge in [0.15, 0.2) is 0 Å². The molecular formula is C13H10Cl2N2O. The summed E-state index contributed by atoms with van der Waals surface area (Å²) in [7, 11) is 0. The van der Waals surface area contributed by atoms with Gasteiger partial charge in [-0.05, 0) is 24.3 Å². The molecule has 18 heavy (non-hydrogen) atoms. The molecule has 0 spiro atoms. The minimum atomic E-state index is -0.287. The summed E-state index contributed by atoms with van der Waals surface area (Å²) in [6.07, 6.45) is 0. The molecule has 0 atom stereocenters. The smallest absolute Gasteiger partial charge is 0.255 e. The van der Waals surface area contributed by atoms with E-state index in [2.05, 4.69) is 5.32 Å². The van der Waals surface area contributed by atoms with Crippen molar-refractivity contribution < 1.29 is 4.79 Å². The second kappa shape index (κ2) is 5.29. The fourth-order valence-electron chi connectivity index (χ4n) is 1.44. The Labute approximate surface area is 115 Å². The Morgan fingerprint density at radius 1 is 1.06 bits per heavy atom. The van der Waals surface area contributed by atoms with Crippen LogP contribution in [0, 0.1) is 0 Å². The van der Waals surface area contributed by atoms with E-state index in [1.807, 2.05) is 18.2 Å². The molecule has 0 aliphatic rings. The quantitative estimate of drug-likeness (QED) is 0.822. The molecule has 2 aromatic carbocycles. The van der Waals surface area contributed by atoms with Gasteiger partial charge < -0.3 is 11.1 Å². The standard InChI is InChI=1S/C13H10Cl2N2O/c14-10-6-8(7-11(15)12(10)16)13(18)17-9-4-2-1-3-5-9/h1-7H,16H2,(H,17,18). The van der Waals surface area contributed by atoms with E-state index in [0.717, 1.165) is 0 Å². The summed E-state index contributed by atoms with van der Waals surface area (Å²) in [6, 6.07) is 12.1. The highest BCUT2D eigenvalue weighted by Gasteiger charge is 2.11. The van der Waals surface area contributed by atoms with Crippen LogP contribution in [0.25, 0.3) is 0 Å². The first kappa shape index (κ1) is 12.7. The second-order valence-corrected chi connectivity index (χ2v) is 4.49. The highest BCUT2D eigenvalue weighted by molar-refractivity contribution is 6.39. The van der Waals surface area contributed by atoms with Crippen molar-refractivity contribution in [2.45, 2.75) is 0 Å². The number of halogens is 2. The largest absolute Gasteiger partial charge is 0.396 e. The molecule has 0 aromatic heterocycles. The number of para-hydroxylation sites is 1. The number of hydrogen-bond donors (Lipinski definition) is 2. The van der Waals surface area contributed by atoms with Gasteiger partial charge in [0.2, 0.25) is 0 Å². The zero-order valence-electron chi connectivity index (χ0n) is 9.28. The van der Waals surface area contributed by atoms with Gasteiger partial charge in [0.25, 0.3) is 5.91 Å². The van der Waals surface area contributed by atoms with Crippen molar-refractivity contribution in [3.63, 3.8) is 0 Å². The van der Waals surface area contributed by atoms with Crippen LogP contribution >= 0.6 is 23.2 Å². The second-order valence-electron chi connectivity index (χ2n) is 3.67. The maximum Gasteiger partial charge on any atom is 0.255 e. The Morgan fingerprint density at radius 3 is 2.17 bits per heavy atom. The van der Waals surface area contributed by atoms with Gasteiger partial charge in [-0.15, -0.1) is 0 Å². The van der Waals surface area contributed by atoms with E-state index in [9.17, 15) is 4.79 Å². The van der Waals surface area contributed by atoms with Gasteiger partial charge in [-0.3, -0.25) is 4.79 Å². The van der Waals surface area contributed by atoms with Crippen LogP contribution in [0.15, 0.2) is 42.5 Å². The van der Waals surface area contributed by atoms with Crippen molar-refractivity contribution >= 4 is 40.5 Å². The molecule has 2 aromatic rings. The van der Waals surface area contributed by atoms with E-state index in [-0.39, 0.29) is 21.6 Å². The van der Waals surface area contributed by atoms with Gasteiger partial charge in [0, 0.05) is 11.3 Å². The molecule has 0 aliphatic heterocycles.